The molecule has 1 N–H and O–H groups in total. The summed E-state index contributed by atoms with van der Waals surface area (Å²) in [5, 5.41) is 2.91. The molecule has 2 aromatic rings. The number of nitrogens with one attached hydrogen (secondary N) is 1. The van der Waals surface area contributed by atoms with E-state index in [0.29, 0.717) is 26.0 Å². The van der Waals surface area contributed by atoms with Gasteiger partial charge in [-0.3, -0.25) is 14.4 Å². The lowest BCUT2D eigenvalue weighted by Gasteiger charge is -2.52. The van der Waals surface area contributed by atoms with Gasteiger partial charge in [0.25, 0.3) is 0 Å². The zero-order valence-corrected chi connectivity index (χ0v) is 24.7. The fourth-order valence-corrected chi connectivity index (χ4v) is 6.54. The van der Waals surface area contributed by atoms with E-state index in [0.717, 1.165) is 50.9 Å². The molecular formula is C34H45N3O5. The molecule has 3 aliphatic rings. The maximum atomic E-state index is 13.8. The number of piperidine rings is 1. The topological polar surface area (TPSA) is 88.2 Å². The number of amides is 2. The maximum Gasteiger partial charge on any atom is 0.308 e. The molecule has 2 aromatic carbocycles. The van der Waals surface area contributed by atoms with E-state index >= 15 is 0 Å². The Bertz CT molecular complexity index is 1160. The van der Waals surface area contributed by atoms with Gasteiger partial charge in [-0.25, -0.2) is 0 Å². The third-order valence-corrected chi connectivity index (χ3v) is 9.05. The van der Waals surface area contributed by atoms with Crippen LogP contribution < -0.4 is 5.32 Å². The SMILES string of the molecule is O=C(CC1NC(=O)C2(CCN(CCCCCCc3ccccc3)CC2)N(CC2CCCO2)C1=O)OCc1ccccc1. The summed E-state index contributed by atoms with van der Waals surface area (Å²) in [6, 6.07) is 19.2. The van der Waals surface area contributed by atoms with E-state index in [9.17, 15) is 14.4 Å². The van der Waals surface area contributed by atoms with Gasteiger partial charge in [0.15, 0.2) is 0 Å². The Morgan fingerprint density at radius 1 is 0.929 bits per heavy atom. The zero-order valence-electron chi connectivity index (χ0n) is 24.7. The third-order valence-electron chi connectivity index (χ3n) is 9.05. The molecule has 2 atom stereocenters. The summed E-state index contributed by atoms with van der Waals surface area (Å²) in [6.07, 6.45) is 8.66. The summed E-state index contributed by atoms with van der Waals surface area (Å²) in [5.74, 6) is -0.848. The summed E-state index contributed by atoms with van der Waals surface area (Å²) in [5.41, 5.74) is 1.39. The average molecular weight is 576 g/mol. The second-order valence-electron chi connectivity index (χ2n) is 12.0. The second-order valence-corrected chi connectivity index (χ2v) is 12.0. The first-order chi connectivity index (χ1) is 20.5. The van der Waals surface area contributed by atoms with Crippen molar-refractivity contribution in [2.45, 2.75) is 88.5 Å². The number of carbonyl (C=O) groups is 3. The molecule has 3 fully saturated rings. The molecular weight excluding hydrogens is 530 g/mol. The smallest absolute Gasteiger partial charge is 0.308 e. The largest absolute Gasteiger partial charge is 0.461 e. The predicted molar refractivity (Wildman–Crippen MR) is 160 cm³/mol. The monoisotopic (exact) mass is 575 g/mol. The molecule has 2 amide bonds. The molecule has 8 heteroatoms. The number of benzene rings is 2. The lowest BCUT2D eigenvalue weighted by molar-refractivity contribution is -0.165. The summed E-state index contributed by atoms with van der Waals surface area (Å²) in [7, 11) is 0. The number of hydrogen-bond donors (Lipinski definition) is 1. The van der Waals surface area contributed by atoms with E-state index in [-0.39, 0.29) is 30.9 Å². The summed E-state index contributed by atoms with van der Waals surface area (Å²) in [4.78, 5) is 44.4. The molecule has 1 spiro atoms. The van der Waals surface area contributed by atoms with Crippen LogP contribution in [0.1, 0.15) is 68.9 Å². The first-order valence-electron chi connectivity index (χ1n) is 15.7. The first-order valence-corrected chi connectivity index (χ1v) is 15.7. The van der Waals surface area contributed by atoms with Crippen LogP contribution in [0.3, 0.4) is 0 Å². The van der Waals surface area contributed by atoms with Crippen LogP contribution in [0, 0.1) is 0 Å². The molecule has 3 aliphatic heterocycles. The third kappa shape index (κ3) is 7.78. The number of rotatable bonds is 13. The van der Waals surface area contributed by atoms with Crippen molar-refractivity contribution >= 4 is 17.8 Å². The number of hydrogen-bond acceptors (Lipinski definition) is 6. The highest BCUT2D eigenvalue weighted by Crippen LogP contribution is 2.35. The van der Waals surface area contributed by atoms with Crippen molar-refractivity contribution in [3.05, 3.63) is 71.8 Å². The van der Waals surface area contributed by atoms with Crippen LogP contribution >= 0.6 is 0 Å². The Labute approximate surface area is 249 Å². The molecule has 3 saturated heterocycles. The Hall–Kier alpha value is -3.23. The number of ether oxygens (including phenoxy) is 2. The fourth-order valence-electron chi connectivity index (χ4n) is 6.54. The van der Waals surface area contributed by atoms with Gasteiger partial charge < -0.3 is 24.6 Å². The number of aryl methyl sites for hydroxylation is 1. The van der Waals surface area contributed by atoms with Gasteiger partial charge in [0.2, 0.25) is 11.8 Å². The lowest BCUT2D eigenvalue weighted by Crippen LogP contribution is -2.73. The standard InChI is InChI=1S/C34H45N3O5/c38-31(42-26-28-15-8-4-9-16-28)24-30-32(39)37(25-29-17-11-23-41-29)34(33(40)35-30)18-21-36(22-19-34)20-10-2-1-5-12-27-13-6-3-7-14-27/h3-4,6-9,13-16,29-30H,1-2,5,10-12,17-26H2,(H,35,40). The van der Waals surface area contributed by atoms with Crippen molar-refractivity contribution in [2.75, 3.05) is 32.8 Å². The Morgan fingerprint density at radius 2 is 1.62 bits per heavy atom. The van der Waals surface area contributed by atoms with Gasteiger partial charge in [-0.2, -0.15) is 0 Å². The first kappa shape index (κ1) is 30.2. The van der Waals surface area contributed by atoms with Gasteiger partial charge in [-0.15, -0.1) is 0 Å². The molecule has 8 nitrogen and oxygen atoms in total. The summed E-state index contributed by atoms with van der Waals surface area (Å²) < 4.78 is 11.3. The van der Waals surface area contributed by atoms with Crippen molar-refractivity contribution in [3.63, 3.8) is 0 Å². The fraction of sp³-hybridized carbons (Fsp3) is 0.559. The van der Waals surface area contributed by atoms with Crippen LogP contribution in [-0.4, -0.2) is 78.1 Å². The molecule has 3 heterocycles. The van der Waals surface area contributed by atoms with E-state index in [1.54, 1.807) is 4.90 Å². The van der Waals surface area contributed by atoms with Gasteiger partial charge >= 0.3 is 5.97 Å². The van der Waals surface area contributed by atoms with Gasteiger partial charge in [0, 0.05) is 26.2 Å². The van der Waals surface area contributed by atoms with Crippen molar-refractivity contribution in [1.82, 2.24) is 15.1 Å². The number of piperazine rings is 1. The molecule has 42 heavy (non-hydrogen) atoms. The number of nitrogens with zero attached hydrogens (tertiary/aromatic N) is 2. The normalized spacial score (nSPS) is 22.3. The number of unbranched alkanes of at least 4 members (excludes halogenated alkanes) is 3. The van der Waals surface area contributed by atoms with E-state index in [1.165, 1.54) is 24.8 Å². The van der Waals surface area contributed by atoms with E-state index < -0.39 is 17.6 Å². The molecule has 0 radical (unpaired) electrons. The number of esters is 1. The lowest BCUT2D eigenvalue weighted by atomic mass is 9.81. The Morgan fingerprint density at radius 3 is 2.31 bits per heavy atom. The number of likely N-dealkylation sites (tertiary alicyclic amines) is 1. The van der Waals surface area contributed by atoms with E-state index in [1.807, 2.05) is 30.3 Å². The molecule has 226 valence electrons. The van der Waals surface area contributed by atoms with Gasteiger partial charge in [-0.05, 0) is 62.6 Å². The van der Waals surface area contributed by atoms with E-state index in [4.69, 9.17) is 9.47 Å². The summed E-state index contributed by atoms with van der Waals surface area (Å²) >= 11 is 0. The molecule has 5 rings (SSSR count). The van der Waals surface area contributed by atoms with Crippen LogP contribution in [0.25, 0.3) is 0 Å². The minimum absolute atomic E-state index is 0.0728. The molecule has 0 aliphatic carbocycles. The quantitative estimate of drug-likeness (QED) is 0.284. The van der Waals surface area contributed by atoms with Gasteiger partial charge in [-0.1, -0.05) is 73.5 Å². The number of carbonyl (C=O) groups excluding carboxylic acids is 3. The van der Waals surface area contributed by atoms with Crippen LogP contribution in [0.4, 0.5) is 0 Å². The van der Waals surface area contributed by atoms with Crippen molar-refractivity contribution in [1.29, 1.82) is 0 Å². The minimum atomic E-state index is -0.915. The van der Waals surface area contributed by atoms with Crippen LogP contribution in [-0.2, 0) is 36.9 Å². The highest BCUT2D eigenvalue weighted by Gasteiger charge is 2.54. The van der Waals surface area contributed by atoms with Crippen molar-refractivity contribution < 1.29 is 23.9 Å². The van der Waals surface area contributed by atoms with Crippen molar-refractivity contribution in [2.24, 2.45) is 0 Å². The Balaban J connectivity index is 1.12. The Kier molecular flexibility index (Phi) is 10.6. The predicted octanol–water partition coefficient (Wildman–Crippen LogP) is 4.26. The van der Waals surface area contributed by atoms with Crippen LogP contribution in [0.15, 0.2) is 60.7 Å². The highest BCUT2D eigenvalue weighted by molar-refractivity contribution is 6.01. The zero-order chi connectivity index (χ0) is 29.2. The van der Waals surface area contributed by atoms with Gasteiger partial charge in [0.1, 0.15) is 18.2 Å². The second kappa shape index (κ2) is 14.8. The minimum Gasteiger partial charge on any atom is -0.461 e. The van der Waals surface area contributed by atoms with Gasteiger partial charge in [0.05, 0.1) is 12.5 Å². The maximum absolute atomic E-state index is 13.8. The molecule has 0 aromatic heterocycles. The average Bonchev–Trinajstić information content (AvgIpc) is 3.54. The van der Waals surface area contributed by atoms with Crippen LogP contribution in [0.5, 0.6) is 0 Å². The van der Waals surface area contributed by atoms with Crippen molar-refractivity contribution in [3.8, 4) is 0 Å². The molecule has 0 bridgehead atoms. The van der Waals surface area contributed by atoms with Crippen LogP contribution in [0.2, 0.25) is 0 Å². The van der Waals surface area contributed by atoms with E-state index in [2.05, 4.69) is 40.5 Å². The molecule has 2 unspecified atom stereocenters. The molecule has 0 saturated carbocycles. The summed E-state index contributed by atoms with van der Waals surface area (Å²) in [6.45, 7) is 3.77. The highest BCUT2D eigenvalue weighted by atomic mass is 16.5.